The fourth-order valence-electron chi connectivity index (χ4n) is 0.638. The van der Waals surface area contributed by atoms with E-state index in [9.17, 15) is 19.5 Å². The number of nitrogens with zero attached hydrogens (tertiary/aromatic N) is 1. The summed E-state index contributed by atoms with van der Waals surface area (Å²) < 4.78 is 0.591. The lowest BCUT2D eigenvalue weighted by molar-refractivity contribution is -0.915. The molecule has 104 valence electrons. The van der Waals surface area contributed by atoms with E-state index >= 15 is 0 Å². The first-order valence-corrected chi connectivity index (χ1v) is 4.95. The molecule has 0 atom stereocenters. The van der Waals surface area contributed by atoms with Gasteiger partial charge in [-0.05, 0) is 6.08 Å². The molecule has 18 heavy (non-hydrogen) atoms. The second-order valence-corrected chi connectivity index (χ2v) is 4.05. The molecular weight excluding hydrogens is 244 g/mol. The molecule has 3 N–H and O–H groups in total. The molecule has 0 spiro atoms. The van der Waals surface area contributed by atoms with Gasteiger partial charge in [0.1, 0.15) is 0 Å². The van der Waals surface area contributed by atoms with Crippen LogP contribution in [0.2, 0.25) is 0 Å². The van der Waals surface area contributed by atoms with Crippen molar-refractivity contribution in [3.05, 3.63) is 12.2 Å². The first-order chi connectivity index (χ1) is 8.04. The normalized spacial score (nSPS) is 10.6. The van der Waals surface area contributed by atoms with Gasteiger partial charge in [0.15, 0.2) is 0 Å². The predicted molar refractivity (Wildman–Crippen MR) is 60.1 cm³/mol. The summed E-state index contributed by atoms with van der Waals surface area (Å²) in [6.07, 6.45) is 1.12. The molecule has 0 fully saturated rings. The van der Waals surface area contributed by atoms with E-state index in [1.807, 2.05) is 21.1 Å². The minimum atomic E-state index is -1.51. The van der Waals surface area contributed by atoms with Crippen LogP contribution in [0.1, 0.15) is 6.42 Å². The molecule has 0 aliphatic rings. The van der Waals surface area contributed by atoms with Gasteiger partial charge < -0.3 is 20.1 Å². The van der Waals surface area contributed by atoms with E-state index in [4.69, 9.17) is 10.2 Å². The maximum atomic E-state index is 10.0. The molecule has 0 aromatic carbocycles. The van der Waals surface area contributed by atoms with Crippen LogP contribution in [0.4, 0.5) is 0 Å². The third-order valence-electron chi connectivity index (χ3n) is 1.29. The van der Waals surface area contributed by atoms with Crippen molar-refractivity contribution in [3.8, 4) is 0 Å². The fourth-order valence-corrected chi connectivity index (χ4v) is 0.638. The Bertz CT molecular complexity index is 303. The number of hydrogen-bond acceptors (Lipinski definition) is 5. The Morgan fingerprint density at radius 3 is 1.89 bits per heavy atom. The van der Waals surface area contributed by atoms with Gasteiger partial charge in [-0.1, -0.05) is 0 Å². The molecule has 8 nitrogen and oxygen atoms in total. The SMILES string of the molecule is C[N+](C)(C)NCCC(=O)O.O=C([O-])/C=C/C(=O)O. The van der Waals surface area contributed by atoms with Crippen LogP contribution in [0.15, 0.2) is 12.2 Å². The highest BCUT2D eigenvalue weighted by Crippen LogP contribution is 1.82. The number of nitrogens with one attached hydrogen (secondary N) is 1. The minimum absolute atomic E-state index is 0.176. The van der Waals surface area contributed by atoms with Gasteiger partial charge >= 0.3 is 11.9 Å². The van der Waals surface area contributed by atoms with E-state index in [1.54, 1.807) is 0 Å². The van der Waals surface area contributed by atoms with E-state index < -0.39 is 17.9 Å². The number of carboxylic acids is 3. The zero-order valence-electron chi connectivity index (χ0n) is 10.5. The molecule has 0 aromatic heterocycles. The Morgan fingerprint density at radius 1 is 1.17 bits per heavy atom. The van der Waals surface area contributed by atoms with Crippen molar-refractivity contribution < 1.29 is 34.3 Å². The summed E-state index contributed by atoms with van der Waals surface area (Å²) in [7, 11) is 5.84. The number of carbonyl (C=O) groups excluding carboxylic acids is 1. The van der Waals surface area contributed by atoms with Crippen LogP contribution in [-0.2, 0) is 14.4 Å². The molecule has 0 saturated carbocycles. The molecule has 0 heterocycles. The van der Waals surface area contributed by atoms with E-state index in [-0.39, 0.29) is 6.42 Å². The summed E-state index contributed by atoms with van der Waals surface area (Å²) >= 11 is 0. The van der Waals surface area contributed by atoms with Crippen LogP contribution >= 0.6 is 0 Å². The lowest BCUT2D eigenvalue weighted by Crippen LogP contribution is -2.48. The second-order valence-electron chi connectivity index (χ2n) is 4.05. The van der Waals surface area contributed by atoms with Gasteiger partial charge in [-0.25, -0.2) is 4.79 Å². The monoisotopic (exact) mass is 262 g/mol. The quantitative estimate of drug-likeness (QED) is 0.288. The highest BCUT2D eigenvalue weighted by atomic mass is 16.4. The Hall–Kier alpha value is -1.93. The van der Waals surface area contributed by atoms with Crippen LogP contribution in [0, 0.1) is 0 Å². The van der Waals surface area contributed by atoms with Crippen molar-refractivity contribution in [2.75, 3.05) is 27.7 Å². The number of carbonyl (C=O) groups is 3. The van der Waals surface area contributed by atoms with Gasteiger partial charge in [-0.3, -0.25) is 9.39 Å². The Kier molecular flexibility index (Phi) is 9.36. The second kappa shape index (κ2) is 9.14. The summed E-state index contributed by atoms with van der Waals surface area (Å²) in [5.41, 5.74) is 3.01. The molecule has 0 radical (unpaired) electrons. The molecule has 0 aliphatic heterocycles. The van der Waals surface area contributed by atoms with Crippen LogP contribution in [-0.4, -0.2) is 60.4 Å². The van der Waals surface area contributed by atoms with Gasteiger partial charge in [-0.15, -0.1) is 0 Å². The maximum Gasteiger partial charge on any atom is 0.328 e. The van der Waals surface area contributed by atoms with Gasteiger partial charge in [0, 0.05) is 6.08 Å². The molecule has 8 heteroatoms. The summed E-state index contributed by atoms with van der Waals surface area (Å²) in [6.45, 7) is 0.513. The van der Waals surface area contributed by atoms with Gasteiger partial charge in [0.2, 0.25) is 0 Å². The largest absolute Gasteiger partial charge is 0.545 e. The van der Waals surface area contributed by atoms with Crippen molar-refractivity contribution in [3.63, 3.8) is 0 Å². The summed E-state index contributed by atoms with van der Waals surface area (Å²) in [5.74, 6) is -3.57. The molecule has 0 saturated heterocycles. The molecule has 0 rings (SSSR count). The Labute approximate surface area is 105 Å². The fraction of sp³-hybridized carbons (Fsp3) is 0.500. The van der Waals surface area contributed by atoms with Crippen LogP contribution < -0.4 is 10.5 Å². The molecule has 0 unspecified atom stereocenters. The zero-order chi connectivity index (χ0) is 14.8. The lowest BCUT2D eigenvalue weighted by atomic mass is 10.4. The summed E-state index contributed by atoms with van der Waals surface area (Å²) in [5, 5.41) is 25.5. The van der Waals surface area contributed by atoms with Crippen molar-refractivity contribution >= 4 is 17.9 Å². The number of quaternary nitrogens is 1. The highest BCUT2D eigenvalue weighted by molar-refractivity contribution is 5.88. The van der Waals surface area contributed by atoms with E-state index in [1.165, 1.54) is 0 Å². The standard InChI is InChI=1S/C6H14N2O2.C4H4O4/c1-8(2,3)7-5-4-6(9)10;5-3(6)1-2-4(7)8/h7H,4-5H2,1-3H3;1-2H,(H,5,6)(H,7,8)/b;2-1+. The number of carboxylic acid groups (broad SMARTS) is 3. The third kappa shape index (κ3) is 23.7. The number of aliphatic carboxylic acids is 3. The number of rotatable bonds is 6. The molecular formula is C10H18N2O6. The average molecular weight is 262 g/mol. The van der Waals surface area contributed by atoms with Crippen molar-refractivity contribution in [1.82, 2.24) is 5.43 Å². The Balaban J connectivity index is 0. The van der Waals surface area contributed by atoms with E-state index in [2.05, 4.69) is 5.43 Å². The summed E-state index contributed by atoms with van der Waals surface area (Å²) in [6, 6.07) is 0. The molecule has 0 bridgehead atoms. The predicted octanol–water partition coefficient (Wildman–Crippen LogP) is -1.95. The van der Waals surface area contributed by atoms with Crippen LogP contribution in [0.3, 0.4) is 0 Å². The first kappa shape index (κ1) is 18.4. The third-order valence-corrected chi connectivity index (χ3v) is 1.29. The molecule has 0 amide bonds. The van der Waals surface area contributed by atoms with E-state index in [0.717, 1.165) is 0 Å². The van der Waals surface area contributed by atoms with Gasteiger partial charge in [0.25, 0.3) is 0 Å². The molecule has 0 aliphatic carbocycles. The van der Waals surface area contributed by atoms with Crippen LogP contribution in [0.25, 0.3) is 0 Å². The molecule has 0 aromatic rings. The maximum absolute atomic E-state index is 10.0. The average Bonchev–Trinajstić information content (AvgIpc) is 2.13. The van der Waals surface area contributed by atoms with Gasteiger partial charge in [-0.2, -0.15) is 5.43 Å². The zero-order valence-corrected chi connectivity index (χ0v) is 10.5. The first-order valence-electron chi connectivity index (χ1n) is 4.95. The Morgan fingerprint density at radius 2 is 1.67 bits per heavy atom. The van der Waals surface area contributed by atoms with Crippen molar-refractivity contribution in [2.24, 2.45) is 0 Å². The van der Waals surface area contributed by atoms with E-state index in [0.29, 0.717) is 23.3 Å². The number of hydrogen-bond donors (Lipinski definition) is 3. The van der Waals surface area contributed by atoms with Crippen molar-refractivity contribution in [1.29, 1.82) is 0 Å². The lowest BCUT2D eigenvalue weighted by Gasteiger charge is -2.23. The minimum Gasteiger partial charge on any atom is -0.545 e. The smallest absolute Gasteiger partial charge is 0.328 e. The topological polar surface area (TPSA) is 127 Å². The van der Waals surface area contributed by atoms with Crippen LogP contribution in [0.5, 0.6) is 0 Å². The summed E-state index contributed by atoms with van der Waals surface area (Å²) in [4.78, 5) is 29.0. The van der Waals surface area contributed by atoms with Gasteiger partial charge in [0.05, 0.1) is 40.1 Å². The highest BCUT2D eigenvalue weighted by Gasteiger charge is 2.05. The van der Waals surface area contributed by atoms with Crippen molar-refractivity contribution in [2.45, 2.75) is 6.42 Å².